The van der Waals surface area contributed by atoms with Crippen LogP contribution in [-0.4, -0.2) is 17.8 Å². The van der Waals surface area contributed by atoms with Crippen LogP contribution in [-0.2, 0) is 11.2 Å². The highest BCUT2D eigenvalue weighted by Gasteiger charge is 2.61. The number of phenols is 1. The average molecular weight is 395 g/mol. The van der Waals surface area contributed by atoms with Crippen molar-refractivity contribution in [2.45, 2.75) is 84.7 Å². The Hall–Kier alpha value is -1.46. The number of terminal acetylenes is 1. The summed E-state index contributed by atoms with van der Waals surface area (Å²) in [6, 6.07) is 6.13. The molecule has 2 heteroatoms. The first kappa shape index (κ1) is 20.8. The number of fused-ring (bicyclic) bond motifs is 5. The Morgan fingerprint density at radius 1 is 1.28 bits per heavy atom. The fourth-order valence-corrected chi connectivity index (χ4v) is 7.30. The molecule has 4 unspecified atom stereocenters. The van der Waals surface area contributed by atoms with Crippen molar-refractivity contribution in [3.63, 3.8) is 0 Å². The minimum Gasteiger partial charge on any atom is -0.508 e. The normalized spacial score (nSPS) is 38.2. The lowest BCUT2D eigenvalue weighted by molar-refractivity contribution is -0.0308. The van der Waals surface area contributed by atoms with Gasteiger partial charge in [-0.25, -0.2) is 0 Å². The molecule has 1 aromatic rings. The van der Waals surface area contributed by atoms with Gasteiger partial charge in [0.05, 0.1) is 6.10 Å². The van der Waals surface area contributed by atoms with Gasteiger partial charge < -0.3 is 9.84 Å². The molecule has 3 aliphatic rings. The summed E-state index contributed by atoms with van der Waals surface area (Å²) in [6.45, 7) is 9.93. The number of hydrogen-bond acceptors (Lipinski definition) is 2. The highest BCUT2D eigenvalue weighted by molar-refractivity contribution is 5.41. The van der Waals surface area contributed by atoms with Gasteiger partial charge in [0.25, 0.3) is 0 Å². The zero-order valence-electron chi connectivity index (χ0n) is 18.7. The molecular formula is C27H38O2. The number of benzene rings is 1. The minimum absolute atomic E-state index is 0.0184. The minimum atomic E-state index is 0.0184. The number of aromatic hydroxyl groups is 1. The molecule has 0 bridgehead atoms. The van der Waals surface area contributed by atoms with E-state index in [9.17, 15) is 5.11 Å². The first-order valence-electron chi connectivity index (χ1n) is 11.7. The second-order valence-corrected chi connectivity index (χ2v) is 10.7. The molecule has 0 spiro atoms. The van der Waals surface area contributed by atoms with E-state index in [0.717, 1.165) is 31.3 Å². The van der Waals surface area contributed by atoms with Gasteiger partial charge >= 0.3 is 0 Å². The Kier molecular flexibility index (Phi) is 5.49. The monoisotopic (exact) mass is 394 g/mol. The first-order chi connectivity index (χ1) is 13.8. The van der Waals surface area contributed by atoms with Crippen molar-refractivity contribution in [3.05, 3.63) is 29.3 Å². The van der Waals surface area contributed by atoms with Crippen LogP contribution in [0.5, 0.6) is 5.75 Å². The van der Waals surface area contributed by atoms with Crippen LogP contribution in [0.1, 0.15) is 83.3 Å². The summed E-state index contributed by atoms with van der Waals surface area (Å²) in [7, 11) is 0. The summed E-state index contributed by atoms with van der Waals surface area (Å²) in [4.78, 5) is 0. The van der Waals surface area contributed by atoms with E-state index >= 15 is 0 Å². The molecule has 0 aromatic heterocycles. The van der Waals surface area contributed by atoms with Crippen molar-refractivity contribution in [1.82, 2.24) is 0 Å². The van der Waals surface area contributed by atoms with E-state index in [1.165, 1.54) is 43.2 Å². The quantitative estimate of drug-likeness (QED) is 0.468. The van der Waals surface area contributed by atoms with Gasteiger partial charge in [0, 0.05) is 12.0 Å². The summed E-state index contributed by atoms with van der Waals surface area (Å²) >= 11 is 0. The van der Waals surface area contributed by atoms with Crippen molar-refractivity contribution in [1.29, 1.82) is 0 Å². The number of hydrogen-bond donors (Lipinski definition) is 1. The summed E-state index contributed by atoms with van der Waals surface area (Å²) in [5.41, 5.74) is 3.13. The Morgan fingerprint density at radius 3 is 2.79 bits per heavy atom. The standard InChI is InChI=1S/C27H38O2/c1-6-26(4)14-13-24-23-11-9-19-16-21(28)10-12-22(19)25(23)20(17-27(24,26)5)8-7-15-29-18(2)3/h1,10,12,16,18,20,23-25,28H,7-9,11,13-15,17H2,2-5H3/t20-,23?,24?,25?,26+,27?/m0/s1. The smallest absolute Gasteiger partial charge is 0.115 e. The van der Waals surface area contributed by atoms with Gasteiger partial charge in [0.2, 0.25) is 0 Å². The number of rotatable bonds is 5. The zero-order chi connectivity index (χ0) is 20.8. The molecule has 3 aliphatic carbocycles. The SMILES string of the molecule is C#C[C@]1(C)CCC2C3CCc4cc(O)ccc4C3[C@@H](CCCOC(C)C)CC21C. The van der Waals surface area contributed by atoms with Crippen LogP contribution in [0, 0.1) is 40.9 Å². The van der Waals surface area contributed by atoms with Crippen LogP contribution in [0.25, 0.3) is 0 Å². The van der Waals surface area contributed by atoms with E-state index in [-0.39, 0.29) is 10.8 Å². The van der Waals surface area contributed by atoms with Crippen LogP contribution in [0.3, 0.4) is 0 Å². The molecule has 1 N–H and O–H groups in total. The van der Waals surface area contributed by atoms with Crippen LogP contribution in [0.2, 0.25) is 0 Å². The van der Waals surface area contributed by atoms with Crippen molar-refractivity contribution in [3.8, 4) is 18.1 Å². The summed E-state index contributed by atoms with van der Waals surface area (Å²) < 4.78 is 5.86. The van der Waals surface area contributed by atoms with Crippen LogP contribution < -0.4 is 0 Å². The molecule has 158 valence electrons. The predicted molar refractivity (Wildman–Crippen MR) is 119 cm³/mol. The third-order valence-electron chi connectivity index (χ3n) is 8.93. The molecule has 1 aromatic carbocycles. The fourth-order valence-electron chi connectivity index (χ4n) is 7.30. The van der Waals surface area contributed by atoms with Crippen LogP contribution in [0.4, 0.5) is 0 Å². The van der Waals surface area contributed by atoms with Crippen LogP contribution in [0.15, 0.2) is 18.2 Å². The molecule has 0 heterocycles. The Morgan fingerprint density at radius 2 is 2.07 bits per heavy atom. The maximum Gasteiger partial charge on any atom is 0.115 e. The summed E-state index contributed by atoms with van der Waals surface area (Å²) in [5, 5.41) is 10.0. The second-order valence-electron chi connectivity index (χ2n) is 10.7. The average Bonchev–Trinajstić information content (AvgIpc) is 2.95. The second kappa shape index (κ2) is 7.66. The molecule has 0 radical (unpaired) electrons. The summed E-state index contributed by atoms with van der Waals surface area (Å²) in [5.74, 6) is 6.35. The number of ether oxygens (including phenoxy) is 1. The van der Waals surface area contributed by atoms with Crippen molar-refractivity contribution >= 4 is 0 Å². The topological polar surface area (TPSA) is 29.5 Å². The molecule has 0 saturated heterocycles. The largest absolute Gasteiger partial charge is 0.508 e. The van der Waals surface area contributed by atoms with Gasteiger partial charge in [-0.3, -0.25) is 0 Å². The van der Waals surface area contributed by atoms with Gasteiger partial charge in [0.15, 0.2) is 0 Å². The van der Waals surface area contributed by atoms with Gasteiger partial charge in [-0.1, -0.05) is 18.9 Å². The molecule has 4 rings (SSSR count). The molecule has 2 fully saturated rings. The van der Waals surface area contributed by atoms with Gasteiger partial charge in [-0.15, -0.1) is 6.42 Å². The number of phenolic OH excluding ortho intramolecular Hbond substituents is 1. The highest BCUT2D eigenvalue weighted by atomic mass is 16.5. The summed E-state index contributed by atoms with van der Waals surface area (Å²) in [6.07, 6.45) is 14.7. The zero-order valence-corrected chi connectivity index (χ0v) is 18.7. The number of aryl methyl sites for hydroxylation is 1. The Balaban J connectivity index is 1.67. The third kappa shape index (κ3) is 3.40. The van der Waals surface area contributed by atoms with E-state index in [4.69, 9.17) is 11.2 Å². The third-order valence-corrected chi connectivity index (χ3v) is 8.93. The van der Waals surface area contributed by atoms with Crippen molar-refractivity contribution in [2.24, 2.45) is 28.6 Å². The molecule has 0 aliphatic heterocycles. The van der Waals surface area contributed by atoms with E-state index in [2.05, 4.69) is 39.7 Å². The Labute approximate surface area is 177 Å². The lowest BCUT2D eigenvalue weighted by Crippen LogP contribution is -2.49. The van der Waals surface area contributed by atoms with Gasteiger partial charge in [-0.05, 0) is 118 Å². The van der Waals surface area contributed by atoms with E-state index in [1.807, 2.05) is 12.1 Å². The van der Waals surface area contributed by atoms with E-state index in [1.54, 1.807) is 0 Å². The van der Waals surface area contributed by atoms with Crippen LogP contribution >= 0.6 is 0 Å². The Bertz CT molecular complexity index is 790. The van der Waals surface area contributed by atoms with Gasteiger partial charge in [0.1, 0.15) is 5.75 Å². The first-order valence-corrected chi connectivity index (χ1v) is 11.7. The lowest BCUT2D eigenvalue weighted by Gasteiger charge is -2.56. The highest BCUT2D eigenvalue weighted by Crippen LogP contribution is 2.69. The predicted octanol–water partition coefficient (Wildman–Crippen LogP) is 6.32. The fraction of sp³-hybridized carbons (Fsp3) is 0.704. The van der Waals surface area contributed by atoms with Crippen molar-refractivity contribution in [2.75, 3.05) is 6.61 Å². The van der Waals surface area contributed by atoms with E-state index in [0.29, 0.717) is 23.7 Å². The molecule has 2 nitrogen and oxygen atoms in total. The van der Waals surface area contributed by atoms with E-state index < -0.39 is 0 Å². The van der Waals surface area contributed by atoms with Gasteiger partial charge in [-0.2, -0.15) is 0 Å². The van der Waals surface area contributed by atoms with Crippen molar-refractivity contribution < 1.29 is 9.84 Å². The molecular weight excluding hydrogens is 356 g/mol. The molecule has 29 heavy (non-hydrogen) atoms. The lowest BCUT2D eigenvalue weighted by atomic mass is 9.48. The molecule has 6 atom stereocenters. The maximum absolute atomic E-state index is 10.0. The maximum atomic E-state index is 10.0. The molecule has 0 amide bonds. The molecule has 2 saturated carbocycles.